The molecule has 0 spiro atoms. The lowest BCUT2D eigenvalue weighted by Crippen LogP contribution is -2.37. The van der Waals surface area contributed by atoms with Gasteiger partial charge in [-0.3, -0.25) is 4.79 Å². The average Bonchev–Trinajstić information content (AvgIpc) is 2.27. The molecule has 1 aliphatic carbocycles. The molecule has 17 heavy (non-hydrogen) atoms. The second-order valence-corrected chi connectivity index (χ2v) is 5.96. The molecule has 1 N–H and O–H groups in total. The lowest BCUT2D eigenvalue weighted by Gasteiger charge is -2.34. The lowest BCUT2D eigenvalue weighted by molar-refractivity contribution is 0.0749. The quantitative estimate of drug-likeness (QED) is 0.872. The number of benzene rings is 1. The Kier molecular flexibility index (Phi) is 3.72. The first kappa shape index (κ1) is 12.4. The molecule has 3 nitrogen and oxygen atoms in total. The first-order chi connectivity index (χ1) is 8.06. The van der Waals surface area contributed by atoms with Crippen LogP contribution < -0.4 is 0 Å². The van der Waals surface area contributed by atoms with E-state index in [1.54, 1.807) is 29.2 Å². The van der Waals surface area contributed by atoms with Crippen molar-refractivity contribution in [3.8, 4) is 5.75 Å². The number of carbonyl (C=O) groups excluding carboxylic acids is 1. The van der Waals surface area contributed by atoms with Crippen molar-refractivity contribution in [2.45, 2.75) is 17.7 Å². The van der Waals surface area contributed by atoms with Crippen LogP contribution in [-0.2, 0) is 0 Å². The Labute approximate surface area is 110 Å². The number of hydrogen-bond donors (Lipinski definition) is 1. The number of aromatic hydroxyl groups is 1. The third-order valence-electron chi connectivity index (χ3n) is 3.17. The van der Waals surface area contributed by atoms with Crippen molar-refractivity contribution < 1.29 is 9.90 Å². The molecule has 0 aromatic heterocycles. The molecule has 1 fully saturated rings. The smallest absolute Gasteiger partial charge is 0.253 e. The SMILES string of the molecule is CN(CC1CC(Br)C1)C(=O)c1ccc(O)cc1. The van der Waals surface area contributed by atoms with Crippen LogP contribution in [0.2, 0.25) is 0 Å². The predicted octanol–water partition coefficient (Wildman–Crippen LogP) is 2.64. The fraction of sp³-hybridized carbons (Fsp3) is 0.462. The number of nitrogens with zero attached hydrogens (tertiary/aromatic N) is 1. The van der Waals surface area contributed by atoms with Gasteiger partial charge in [-0.2, -0.15) is 0 Å². The first-order valence-corrected chi connectivity index (χ1v) is 6.66. The van der Waals surface area contributed by atoms with Gasteiger partial charge < -0.3 is 10.0 Å². The fourth-order valence-electron chi connectivity index (χ4n) is 2.10. The second kappa shape index (κ2) is 5.08. The van der Waals surface area contributed by atoms with Crippen LogP contribution in [-0.4, -0.2) is 34.3 Å². The van der Waals surface area contributed by atoms with Crippen molar-refractivity contribution >= 4 is 21.8 Å². The Balaban J connectivity index is 1.92. The molecule has 0 aliphatic heterocycles. The van der Waals surface area contributed by atoms with E-state index < -0.39 is 0 Å². The highest BCUT2D eigenvalue weighted by atomic mass is 79.9. The van der Waals surface area contributed by atoms with Crippen LogP contribution in [0.15, 0.2) is 24.3 Å². The van der Waals surface area contributed by atoms with E-state index in [1.807, 2.05) is 7.05 Å². The standard InChI is InChI=1S/C13H16BrNO2/c1-15(8-9-6-11(14)7-9)13(17)10-2-4-12(16)5-3-10/h2-5,9,11,16H,6-8H2,1H3. The summed E-state index contributed by atoms with van der Waals surface area (Å²) in [4.78, 5) is 14.4. The molecule has 0 bridgehead atoms. The molecule has 1 aromatic rings. The summed E-state index contributed by atoms with van der Waals surface area (Å²) in [5.41, 5.74) is 0.625. The molecule has 2 rings (SSSR count). The maximum atomic E-state index is 12.0. The molecule has 0 saturated heterocycles. The highest BCUT2D eigenvalue weighted by Gasteiger charge is 2.28. The van der Waals surface area contributed by atoms with Gasteiger partial charge in [-0.05, 0) is 43.0 Å². The largest absolute Gasteiger partial charge is 0.508 e. The van der Waals surface area contributed by atoms with Crippen molar-refractivity contribution in [1.82, 2.24) is 4.90 Å². The zero-order valence-corrected chi connectivity index (χ0v) is 11.4. The predicted molar refractivity (Wildman–Crippen MR) is 70.5 cm³/mol. The van der Waals surface area contributed by atoms with Crippen LogP contribution in [0.3, 0.4) is 0 Å². The van der Waals surface area contributed by atoms with Gasteiger partial charge in [0.15, 0.2) is 0 Å². The molecule has 1 amide bonds. The highest BCUT2D eigenvalue weighted by molar-refractivity contribution is 9.09. The van der Waals surface area contributed by atoms with Crippen LogP contribution >= 0.6 is 15.9 Å². The van der Waals surface area contributed by atoms with E-state index in [-0.39, 0.29) is 11.7 Å². The molecule has 1 saturated carbocycles. The van der Waals surface area contributed by atoms with Crippen LogP contribution in [0.25, 0.3) is 0 Å². The Morgan fingerprint density at radius 2 is 2.00 bits per heavy atom. The molecule has 0 unspecified atom stereocenters. The van der Waals surface area contributed by atoms with E-state index in [0.717, 1.165) is 19.4 Å². The lowest BCUT2D eigenvalue weighted by atomic mass is 9.85. The van der Waals surface area contributed by atoms with E-state index in [4.69, 9.17) is 5.11 Å². The van der Waals surface area contributed by atoms with Gasteiger partial charge in [0.25, 0.3) is 5.91 Å². The van der Waals surface area contributed by atoms with Crippen molar-refractivity contribution in [3.63, 3.8) is 0 Å². The molecular formula is C13H16BrNO2. The van der Waals surface area contributed by atoms with Crippen molar-refractivity contribution in [1.29, 1.82) is 0 Å². The van der Waals surface area contributed by atoms with Crippen molar-refractivity contribution in [3.05, 3.63) is 29.8 Å². The van der Waals surface area contributed by atoms with Gasteiger partial charge in [-0.15, -0.1) is 0 Å². The summed E-state index contributed by atoms with van der Waals surface area (Å²) in [7, 11) is 1.83. The third-order valence-corrected chi connectivity index (χ3v) is 3.92. The fourth-order valence-corrected chi connectivity index (χ4v) is 3.16. The number of phenolic OH excluding ortho intramolecular Hbond substituents is 1. The normalized spacial score (nSPS) is 22.9. The minimum Gasteiger partial charge on any atom is -0.508 e. The highest BCUT2D eigenvalue weighted by Crippen LogP contribution is 2.33. The van der Waals surface area contributed by atoms with Gasteiger partial charge in [0.2, 0.25) is 0 Å². The van der Waals surface area contributed by atoms with Gasteiger partial charge in [-0.1, -0.05) is 15.9 Å². The van der Waals surface area contributed by atoms with Gasteiger partial charge in [0.1, 0.15) is 5.75 Å². The summed E-state index contributed by atoms with van der Waals surface area (Å²) in [6.07, 6.45) is 2.29. The molecular weight excluding hydrogens is 282 g/mol. The first-order valence-electron chi connectivity index (χ1n) is 5.75. The van der Waals surface area contributed by atoms with Crippen LogP contribution in [0.1, 0.15) is 23.2 Å². The molecule has 0 atom stereocenters. The van der Waals surface area contributed by atoms with E-state index in [2.05, 4.69) is 15.9 Å². The maximum absolute atomic E-state index is 12.0. The Morgan fingerprint density at radius 1 is 1.41 bits per heavy atom. The zero-order valence-electron chi connectivity index (χ0n) is 9.77. The summed E-state index contributed by atoms with van der Waals surface area (Å²) < 4.78 is 0. The Hall–Kier alpha value is -1.03. The summed E-state index contributed by atoms with van der Waals surface area (Å²) in [5.74, 6) is 0.818. The number of halogens is 1. The Morgan fingerprint density at radius 3 is 2.53 bits per heavy atom. The van der Waals surface area contributed by atoms with E-state index in [9.17, 15) is 4.79 Å². The van der Waals surface area contributed by atoms with Gasteiger partial charge in [0, 0.05) is 24.0 Å². The van der Waals surface area contributed by atoms with E-state index >= 15 is 0 Å². The van der Waals surface area contributed by atoms with Gasteiger partial charge in [0.05, 0.1) is 0 Å². The number of alkyl halides is 1. The third kappa shape index (κ3) is 3.00. The molecule has 1 aromatic carbocycles. The molecule has 92 valence electrons. The van der Waals surface area contributed by atoms with Crippen LogP contribution in [0, 0.1) is 5.92 Å². The van der Waals surface area contributed by atoms with E-state index in [1.165, 1.54) is 0 Å². The van der Waals surface area contributed by atoms with Crippen LogP contribution in [0.5, 0.6) is 5.75 Å². The second-order valence-electron chi connectivity index (χ2n) is 4.67. The van der Waals surface area contributed by atoms with Crippen molar-refractivity contribution in [2.75, 3.05) is 13.6 Å². The number of phenols is 1. The molecule has 0 heterocycles. The Bertz CT molecular complexity index is 398. The maximum Gasteiger partial charge on any atom is 0.253 e. The summed E-state index contributed by atoms with van der Waals surface area (Å²) in [6.45, 7) is 0.807. The number of amides is 1. The number of hydrogen-bond acceptors (Lipinski definition) is 2. The van der Waals surface area contributed by atoms with Crippen LogP contribution in [0.4, 0.5) is 0 Å². The number of rotatable bonds is 3. The summed E-state index contributed by atoms with van der Waals surface area (Å²) in [5, 5.41) is 9.17. The topological polar surface area (TPSA) is 40.5 Å². The summed E-state index contributed by atoms with van der Waals surface area (Å²) in [6, 6.07) is 6.39. The van der Waals surface area contributed by atoms with E-state index in [0.29, 0.717) is 16.3 Å². The molecule has 4 heteroatoms. The number of carbonyl (C=O) groups is 1. The minimum atomic E-state index is 0.0167. The molecule has 0 radical (unpaired) electrons. The molecule has 1 aliphatic rings. The van der Waals surface area contributed by atoms with Gasteiger partial charge in [-0.25, -0.2) is 0 Å². The van der Waals surface area contributed by atoms with Gasteiger partial charge >= 0.3 is 0 Å². The monoisotopic (exact) mass is 297 g/mol. The zero-order chi connectivity index (χ0) is 12.4. The average molecular weight is 298 g/mol. The summed E-state index contributed by atoms with van der Waals surface area (Å²) >= 11 is 3.55. The van der Waals surface area contributed by atoms with Crippen molar-refractivity contribution in [2.24, 2.45) is 5.92 Å². The minimum absolute atomic E-state index is 0.0167.